The molecule has 0 aliphatic heterocycles. The zero-order chi connectivity index (χ0) is 13.9. The molecular weight excluding hydrogens is 248 g/mol. The van der Waals surface area contributed by atoms with Gasteiger partial charge in [-0.1, -0.05) is 6.07 Å². The van der Waals surface area contributed by atoms with Gasteiger partial charge in [-0.3, -0.25) is 4.79 Å². The molecule has 1 aliphatic rings. The largest absolute Gasteiger partial charge is 0.321 e. The molecule has 3 nitrogen and oxygen atoms in total. The van der Waals surface area contributed by atoms with Crippen molar-refractivity contribution in [3.8, 4) is 0 Å². The van der Waals surface area contributed by atoms with Gasteiger partial charge in [0.2, 0.25) is 6.54 Å². The fraction of sp³-hybridized carbons (Fsp3) is 0.294. The molecule has 0 saturated heterocycles. The van der Waals surface area contributed by atoms with E-state index in [4.69, 9.17) is 0 Å². The van der Waals surface area contributed by atoms with Crippen LogP contribution in [0.5, 0.6) is 0 Å². The molecule has 0 bridgehead atoms. The molecule has 0 radical (unpaired) electrons. The minimum absolute atomic E-state index is 0.0109. The molecule has 1 aromatic carbocycles. The summed E-state index contributed by atoms with van der Waals surface area (Å²) in [6, 6.07) is 10.3. The molecule has 1 amide bonds. The highest BCUT2D eigenvalue weighted by molar-refractivity contribution is 5.89. The van der Waals surface area contributed by atoms with Gasteiger partial charge in [-0.05, 0) is 55.0 Å². The predicted octanol–water partition coefficient (Wildman–Crippen LogP) is 2.41. The number of benzene rings is 1. The standard InChI is InChI=1S/C17H18N2O/c1-13-7-9-19(10-8-13)12-17(20)18-16-6-5-14-3-2-4-15(14)11-16/h5-11H,2-4,12H2,1H3/p+1. The first-order valence-corrected chi connectivity index (χ1v) is 7.08. The van der Waals surface area contributed by atoms with Crippen LogP contribution in [0.15, 0.2) is 42.7 Å². The summed E-state index contributed by atoms with van der Waals surface area (Å²) in [5, 5.41) is 2.97. The Hall–Kier alpha value is -2.16. The predicted molar refractivity (Wildman–Crippen MR) is 78.5 cm³/mol. The Morgan fingerprint density at radius 1 is 1.15 bits per heavy atom. The third-order valence-corrected chi connectivity index (χ3v) is 3.77. The summed E-state index contributed by atoms with van der Waals surface area (Å²) in [5.41, 5.74) is 4.91. The van der Waals surface area contributed by atoms with E-state index in [1.54, 1.807) is 0 Å². The second kappa shape index (κ2) is 5.45. The number of hydrogen-bond acceptors (Lipinski definition) is 1. The van der Waals surface area contributed by atoms with Crippen molar-refractivity contribution < 1.29 is 9.36 Å². The molecule has 1 aliphatic carbocycles. The summed E-state index contributed by atoms with van der Waals surface area (Å²) >= 11 is 0. The maximum atomic E-state index is 12.0. The topological polar surface area (TPSA) is 33.0 Å². The zero-order valence-electron chi connectivity index (χ0n) is 11.7. The van der Waals surface area contributed by atoms with E-state index in [2.05, 4.69) is 17.4 Å². The Balaban J connectivity index is 1.65. The van der Waals surface area contributed by atoms with Gasteiger partial charge in [0.1, 0.15) is 0 Å². The van der Waals surface area contributed by atoms with Gasteiger partial charge in [0.05, 0.1) is 0 Å². The average molecular weight is 267 g/mol. The van der Waals surface area contributed by atoms with Gasteiger partial charge >= 0.3 is 0 Å². The number of nitrogens with one attached hydrogen (secondary N) is 1. The molecule has 1 aromatic heterocycles. The van der Waals surface area contributed by atoms with E-state index < -0.39 is 0 Å². The van der Waals surface area contributed by atoms with Gasteiger partial charge in [-0.2, -0.15) is 4.57 Å². The number of anilines is 1. The lowest BCUT2D eigenvalue weighted by atomic mass is 10.1. The molecule has 1 N–H and O–H groups in total. The lowest BCUT2D eigenvalue weighted by Gasteiger charge is -2.06. The Morgan fingerprint density at radius 3 is 2.70 bits per heavy atom. The summed E-state index contributed by atoms with van der Waals surface area (Å²) in [5.74, 6) is 0.0109. The minimum atomic E-state index is 0.0109. The highest BCUT2D eigenvalue weighted by Gasteiger charge is 2.13. The molecule has 0 spiro atoms. The molecule has 3 heteroatoms. The molecule has 0 saturated carbocycles. The summed E-state index contributed by atoms with van der Waals surface area (Å²) < 4.78 is 1.88. The number of pyridine rings is 1. The van der Waals surface area contributed by atoms with Crippen molar-refractivity contribution >= 4 is 11.6 Å². The Kier molecular flexibility index (Phi) is 3.50. The van der Waals surface area contributed by atoms with Gasteiger partial charge in [0, 0.05) is 17.8 Å². The van der Waals surface area contributed by atoms with Crippen molar-refractivity contribution in [2.24, 2.45) is 0 Å². The van der Waals surface area contributed by atoms with Gasteiger partial charge in [0.25, 0.3) is 5.91 Å². The van der Waals surface area contributed by atoms with E-state index in [0.717, 1.165) is 12.1 Å². The quantitative estimate of drug-likeness (QED) is 0.851. The first kappa shape index (κ1) is 12.9. The number of carbonyl (C=O) groups excluding carboxylic acids is 1. The van der Waals surface area contributed by atoms with Crippen molar-refractivity contribution in [2.75, 3.05) is 5.32 Å². The lowest BCUT2D eigenvalue weighted by Crippen LogP contribution is -2.39. The normalized spacial score (nSPS) is 13.1. The second-order valence-corrected chi connectivity index (χ2v) is 5.43. The third kappa shape index (κ3) is 2.87. The van der Waals surface area contributed by atoms with Crippen LogP contribution >= 0.6 is 0 Å². The Morgan fingerprint density at radius 2 is 1.90 bits per heavy atom. The lowest BCUT2D eigenvalue weighted by molar-refractivity contribution is -0.684. The van der Waals surface area contributed by atoms with Gasteiger partial charge < -0.3 is 5.32 Å². The van der Waals surface area contributed by atoms with Crippen molar-refractivity contribution in [2.45, 2.75) is 32.7 Å². The van der Waals surface area contributed by atoms with E-state index >= 15 is 0 Å². The van der Waals surface area contributed by atoms with Crippen LogP contribution in [0.2, 0.25) is 0 Å². The number of rotatable bonds is 3. The highest BCUT2D eigenvalue weighted by Crippen LogP contribution is 2.24. The number of amides is 1. The summed E-state index contributed by atoms with van der Waals surface area (Å²) in [6.45, 7) is 2.38. The molecular formula is C17H19N2O+. The number of nitrogens with zero attached hydrogens (tertiary/aromatic N) is 1. The molecule has 0 atom stereocenters. The van der Waals surface area contributed by atoms with Crippen LogP contribution in [0.25, 0.3) is 0 Å². The zero-order valence-corrected chi connectivity index (χ0v) is 11.7. The molecule has 3 rings (SSSR count). The van der Waals surface area contributed by atoms with Crippen LogP contribution in [0.4, 0.5) is 5.69 Å². The summed E-state index contributed by atoms with van der Waals surface area (Å²) in [7, 11) is 0. The maximum absolute atomic E-state index is 12.0. The van der Waals surface area contributed by atoms with Gasteiger partial charge in [0.15, 0.2) is 12.4 Å². The van der Waals surface area contributed by atoms with E-state index in [0.29, 0.717) is 6.54 Å². The fourth-order valence-corrected chi connectivity index (χ4v) is 2.65. The van der Waals surface area contributed by atoms with Crippen molar-refractivity contribution in [3.63, 3.8) is 0 Å². The first-order valence-electron chi connectivity index (χ1n) is 7.08. The molecule has 1 heterocycles. The van der Waals surface area contributed by atoms with Crippen LogP contribution in [0, 0.1) is 6.92 Å². The number of carbonyl (C=O) groups is 1. The molecule has 20 heavy (non-hydrogen) atoms. The van der Waals surface area contributed by atoms with Crippen LogP contribution in [-0.4, -0.2) is 5.91 Å². The second-order valence-electron chi connectivity index (χ2n) is 5.43. The summed E-state index contributed by atoms with van der Waals surface area (Å²) in [4.78, 5) is 12.0. The number of fused-ring (bicyclic) bond motifs is 1. The average Bonchev–Trinajstić information content (AvgIpc) is 2.89. The van der Waals surface area contributed by atoms with Crippen molar-refractivity contribution in [1.29, 1.82) is 0 Å². The Labute approximate surface area is 119 Å². The Bertz CT molecular complexity index is 632. The maximum Gasteiger partial charge on any atom is 0.290 e. The minimum Gasteiger partial charge on any atom is -0.321 e. The molecule has 102 valence electrons. The van der Waals surface area contributed by atoms with Crippen LogP contribution in [0.1, 0.15) is 23.1 Å². The number of aromatic nitrogens is 1. The third-order valence-electron chi connectivity index (χ3n) is 3.77. The fourth-order valence-electron chi connectivity index (χ4n) is 2.65. The van der Waals surface area contributed by atoms with Crippen molar-refractivity contribution in [1.82, 2.24) is 0 Å². The number of aryl methyl sites for hydroxylation is 3. The van der Waals surface area contributed by atoms with Crippen molar-refractivity contribution in [3.05, 3.63) is 59.4 Å². The summed E-state index contributed by atoms with van der Waals surface area (Å²) in [6.07, 6.45) is 7.38. The smallest absolute Gasteiger partial charge is 0.290 e. The van der Waals surface area contributed by atoms with Crippen LogP contribution < -0.4 is 9.88 Å². The van der Waals surface area contributed by atoms with E-state index in [9.17, 15) is 4.79 Å². The van der Waals surface area contributed by atoms with E-state index in [1.165, 1.54) is 29.5 Å². The molecule has 0 unspecified atom stereocenters. The molecule has 2 aromatic rings. The molecule has 0 fully saturated rings. The SMILES string of the molecule is Cc1cc[n+](CC(=O)Nc2ccc3c(c2)CCC3)cc1. The van der Waals surface area contributed by atoms with Gasteiger partial charge in [-0.25, -0.2) is 0 Å². The first-order chi connectivity index (χ1) is 9.70. The van der Waals surface area contributed by atoms with E-state index in [1.807, 2.05) is 42.1 Å². The van der Waals surface area contributed by atoms with Gasteiger partial charge in [-0.15, -0.1) is 0 Å². The van der Waals surface area contributed by atoms with Crippen LogP contribution in [-0.2, 0) is 24.2 Å². The van der Waals surface area contributed by atoms with E-state index in [-0.39, 0.29) is 5.91 Å². The monoisotopic (exact) mass is 267 g/mol. The highest BCUT2D eigenvalue weighted by atomic mass is 16.1. The number of hydrogen-bond donors (Lipinski definition) is 1. The van der Waals surface area contributed by atoms with Crippen LogP contribution in [0.3, 0.4) is 0 Å².